The van der Waals surface area contributed by atoms with E-state index < -0.39 is 6.10 Å². The summed E-state index contributed by atoms with van der Waals surface area (Å²) >= 11 is 12.6. The van der Waals surface area contributed by atoms with E-state index >= 15 is 0 Å². The highest BCUT2D eigenvalue weighted by molar-refractivity contribution is 6.36. The fourth-order valence-corrected chi connectivity index (χ4v) is 3.87. The molecule has 1 fully saturated rings. The zero-order chi connectivity index (χ0) is 18.3. The average molecular weight is 393 g/mol. The second-order valence-corrected chi connectivity index (χ2v) is 7.20. The molecule has 1 aromatic heterocycles. The molecule has 0 aliphatic carbocycles. The van der Waals surface area contributed by atoms with Crippen molar-refractivity contribution < 1.29 is 9.53 Å². The van der Waals surface area contributed by atoms with Gasteiger partial charge in [0.05, 0.1) is 5.02 Å². The number of nitrogens with two attached hydrogens (primary N) is 1. The molecule has 0 bridgehead atoms. The molecule has 2 aliphatic rings. The monoisotopic (exact) mass is 392 g/mol. The third kappa shape index (κ3) is 3.09. The van der Waals surface area contributed by atoms with E-state index in [1.54, 1.807) is 18.3 Å². The number of pyridine rings is 1. The van der Waals surface area contributed by atoms with Crippen LogP contribution in [-0.2, 0) is 11.2 Å². The van der Waals surface area contributed by atoms with E-state index in [4.69, 9.17) is 33.7 Å². The van der Waals surface area contributed by atoms with E-state index in [1.165, 1.54) is 0 Å². The average Bonchev–Trinajstić information content (AvgIpc) is 3.07. The normalized spacial score (nSPS) is 19.2. The van der Waals surface area contributed by atoms with Crippen LogP contribution >= 0.6 is 23.2 Å². The Morgan fingerprint density at radius 1 is 1.27 bits per heavy atom. The van der Waals surface area contributed by atoms with Gasteiger partial charge in [0.1, 0.15) is 11.6 Å². The lowest BCUT2D eigenvalue weighted by Crippen LogP contribution is -2.50. The number of hydrogen-bond acceptors (Lipinski definition) is 5. The standard InChI is InChI=1S/C18H18Cl2N4O2/c19-11-7-10-8-14(18(25)24-5-3-22-4-6-24)26-16(10)13(9-11)12-1-2-23-17(21)15(12)20/h1-2,7,9,14,22H,3-6,8H2,(H2,21,23)/t14-/m0/s1. The molecule has 1 saturated heterocycles. The summed E-state index contributed by atoms with van der Waals surface area (Å²) < 4.78 is 6.07. The van der Waals surface area contributed by atoms with Gasteiger partial charge in [0, 0.05) is 60.5 Å². The molecule has 1 atom stereocenters. The summed E-state index contributed by atoms with van der Waals surface area (Å²) in [6.45, 7) is 2.98. The first-order valence-electron chi connectivity index (χ1n) is 8.43. The van der Waals surface area contributed by atoms with Gasteiger partial charge in [-0.1, -0.05) is 23.2 Å². The van der Waals surface area contributed by atoms with Crippen LogP contribution in [-0.4, -0.2) is 48.1 Å². The lowest BCUT2D eigenvalue weighted by Gasteiger charge is -2.29. The van der Waals surface area contributed by atoms with Gasteiger partial charge in [-0.2, -0.15) is 0 Å². The van der Waals surface area contributed by atoms with Crippen LogP contribution in [0, 0.1) is 0 Å². The van der Waals surface area contributed by atoms with Crippen molar-refractivity contribution in [3.63, 3.8) is 0 Å². The highest BCUT2D eigenvalue weighted by Gasteiger charge is 2.35. The first-order valence-corrected chi connectivity index (χ1v) is 9.19. The lowest BCUT2D eigenvalue weighted by molar-refractivity contribution is -0.138. The molecule has 1 amide bonds. The fraction of sp³-hybridized carbons (Fsp3) is 0.333. The SMILES string of the molecule is Nc1nccc(-c2cc(Cl)cc3c2O[C@H](C(=O)N2CCNCC2)C3)c1Cl. The second-order valence-electron chi connectivity index (χ2n) is 6.39. The topological polar surface area (TPSA) is 80.5 Å². The van der Waals surface area contributed by atoms with Gasteiger partial charge >= 0.3 is 0 Å². The molecule has 26 heavy (non-hydrogen) atoms. The van der Waals surface area contributed by atoms with E-state index in [-0.39, 0.29) is 11.7 Å². The van der Waals surface area contributed by atoms with Crippen LogP contribution < -0.4 is 15.8 Å². The van der Waals surface area contributed by atoms with Gasteiger partial charge in [0.25, 0.3) is 5.91 Å². The number of hydrogen-bond donors (Lipinski definition) is 2. The van der Waals surface area contributed by atoms with Crippen LogP contribution in [0.3, 0.4) is 0 Å². The maximum atomic E-state index is 12.8. The number of halogens is 2. The van der Waals surface area contributed by atoms with Crippen LogP contribution in [0.2, 0.25) is 10.0 Å². The minimum Gasteiger partial charge on any atom is -0.479 e. The maximum Gasteiger partial charge on any atom is 0.264 e. The number of ether oxygens (including phenoxy) is 1. The van der Waals surface area contributed by atoms with Gasteiger partial charge in [0.15, 0.2) is 6.10 Å². The number of piperazine rings is 1. The highest BCUT2D eigenvalue weighted by atomic mass is 35.5. The number of fused-ring (bicyclic) bond motifs is 1. The minimum absolute atomic E-state index is 0.00473. The van der Waals surface area contributed by atoms with E-state index in [0.717, 1.165) is 24.2 Å². The number of carbonyl (C=O) groups is 1. The van der Waals surface area contributed by atoms with Crippen molar-refractivity contribution in [3.8, 4) is 16.9 Å². The van der Waals surface area contributed by atoms with Crippen molar-refractivity contribution >= 4 is 34.9 Å². The number of amides is 1. The van der Waals surface area contributed by atoms with Gasteiger partial charge in [-0.15, -0.1) is 0 Å². The zero-order valence-corrected chi connectivity index (χ0v) is 15.5. The molecule has 0 spiro atoms. The molecule has 0 saturated carbocycles. The summed E-state index contributed by atoms with van der Waals surface area (Å²) in [5, 5.41) is 4.15. The summed E-state index contributed by atoms with van der Waals surface area (Å²) in [4.78, 5) is 18.6. The maximum absolute atomic E-state index is 12.8. The Labute approximate surface area is 161 Å². The molecule has 136 valence electrons. The number of anilines is 1. The number of carbonyl (C=O) groups excluding carboxylic acids is 1. The van der Waals surface area contributed by atoms with Gasteiger partial charge in [-0.25, -0.2) is 4.98 Å². The zero-order valence-electron chi connectivity index (χ0n) is 14.0. The third-order valence-corrected chi connectivity index (χ3v) is 5.32. The van der Waals surface area contributed by atoms with E-state index in [1.807, 2.05) is 11.0 Å². The molecule has 3 N–H and O–H groups in total. The van der Waals surface area contributed by atoms with Gasteiger partial charge < -0.3 is 20.7 Å². The molecule has 6 nitrogen and oxygen atoms in total. The molecule has 0 radical (unpaired) electrons. The third-order valence-electron chi connectivity index (χ3n) is 4.71. The summed E-state index contributed by atoms with van der Waals surface area (Å²) in [7, 11) is 0. The molecule has 1 aromatic carbocycles. The second kappa shape index (κ2) is 6.95. The van der Waals surface area contributed by atoms with Crippen LogP contribution in [0.5, 0.6) is 5.75 Å². The Kier molecular flexibility index (Phi) is 4.65. The van der Waals surface area contributed by atoms with Crippen LogP contribution in [0.25, 0.3) is 11.1 Å². The quantitative estimate of drug-likeness (QED) is 0.819. The van der Waals surface area contributed by atoms with Crippen LogP contribution in [0.4, 0.5) is 5.82 Å². The molecule has 2 aliphatic heterocycles. The lowest BCUT2D eigenvalue weighted by atomic mass is 10.0. The fourth-order valence-electron chi connectivity index (χ4n) is 3.42. The number of nitrogens with zero attached hydrogens (tertiary/aromatic N) is 2. The Bertz CT molecular complexity index is 869. The molecule has 8 heteroatoms. The predicted octanol–water partition coefficient (Wildman–Crippen LogP) is 2.37. The summed E-state index contributed by atoms with van der Waals surface area (Å²) in [5.41, 5.74) is 8.14. The van der Waals surface area contributed by atoms with Crippen molar-refractivity contribution in [2.24, 2.45) is 0 Å². The van der Waals surface area contributed by atoms with Gasteiger partial charge in [-0.05, 0) is 18.2 Å². The van der Waals surface area contributed by atoms with Crippen molar-refractivity contribution in [2.45, 2.75) is 12.5 Å². The largest absolute Gasteiger partial charge is 0.479 e. The number of nitrogen functional groups attached to an aromatic ring is 1. The van der Waals surface area contributed by atoms with E-state index in [9.17, 15) is 4.79 Å². The molecular weight excluding hydrogens is 375 g/mol. The molecule has 2 aromatic rings. The summed E-state index contributed by atoms with van der Waals surface area (Å²) in [6, 6.07) is 5.38. The Hall–Kier alpha value is -2.02. The first kappa shape index (κ1) is 17.4. The first-order chi connectivity index (χ1) is 12.5. The van der Waals surface area contributed by atoms with Crippen LogP contribution in [0.1, 0.15) is 5.56 Å². The van der Waals surface area contributed by atoms with Crippen molar-refractivity contribution in [1.82, 2.24) is 15.2 Å². The Morgan fingerprint density at radius 2 is 2.04 bits per heavy atom. The molecule has 4 rings (SSSR count). The number of benzene rings is 1. The van der Waals surface area contributed by atoms with E-state index in [2.05, 4.69) is 10.3 Å². The van der Waals surface area contributed by atoms with Crippen molar-refractivity contribution in [1.29, 1.82) is 0 Å². The van der Waals surface area contributed by atoms with E-state index in [0.29, 0.717) is 40.9 Å². The number of rotatable bonds is 2. The predicted molar refractivity (Wildman–Crippen MR) is 102 cm³/mol. The molecule has 0 unspecified atom stereocenters. The highest BCUT2D eigenvalue weighted by Crippen LogP contribution is 2.44. The van der Waals surface area contributed by atoms with Gasteiger partial charge in [-0.3, -0.25) is 4.79 Å². The Balaban J connectivity index is 1.68. The molecule has 3 heterocycles. The smallest absolute Gasteiger partial charge is 0.264 e. The minimum atomic E-state index is -0.543. The van der Waals surface area contributed by atoms with Crippen molar-refractivity contribution in [2.75, 3.05) is 31.9 Å². The summed E-state index contributed by atoms with van der Waals surface area (Å²) in [6.07, 6.45) is 1.53. The Morgan fingerprint density at radius 3 is 2.81 bits per heavy atom. The molecular formula is C18H18Cl2N4O2. The van der Waals surface area contributed by atoms with Crippen LogP contribution in [0.15, 0.2) is 24.4 Å². The number of nitrogens with one attached hydrogen (secondary N) is 1. The summed E-state index contributed by atoms with van der Waals surface area (Å²) in [5.74, 6) is 0.879. The number of aromatic nitrogens is 1. The van der Waals surface area contributed by atoms with Gasteiger partial charge in [0.2, 0.25) is 0 Å². The van der Waals surface area contributed by atoms with Crippen molar-refractivity contribution in [3.05, 3.63) is 40.0 Å².